The third kappa shape index (κ3) is 6.63. The summed E-state index contributed by atoms with van der Waals surface area (Å²) in [4.78, 5) is 0. The summed E-state index contributed by atoms with van der Waals surface area (Å²) in [5.41, 5.74) is 4.85. The molecular weight excluding hydrogens is 320 g/mol. The number of nitrogens with one attached hydrogen (secondary N) is 1. The molecule has 2 aromatic rings. The standard InChI is InChI=1S/C20H25ClN2O/c1-2-3-4-5-8-15-24-20-10-7-6-9-17(20)16-22-23-19-13-11-18(21)12-14-19/h6-7,9-14,16,23H,2-5,8,15H2,1H3/b22-16+. The highest BCUT2D eigenvalue weighted by Gasteiger charge is 2.00. The Morgan fingerprint density at radius 2 is 1.75 bits per heavy atom. The van der Waals surface area contributed by atoms with E-state index in [0.29, 0.717) is 5.02 Å². The summed E-state index contributed by atoms with van der Waals surface area (Å²) < 4.78 is 5.90. The molecular formula is C20H25ClN2O. The van der Waals surface area contributed by atoms with E-state index < -0.39 is 0 Å². The van der Waals surface area contributed by atoms with E-state index in [1.807, 2.05) is 48.5 Å². The topological polar surface area (TPSA) is 33.6 Å². The van der Waals surface area contributed by atoms with E-state index in [1.54, 1.807) is 6.21 Å². The number of hydrazone groups is 1. The van der Waals surface area contributed by atoms with Gasteiger partial charge in [-0.15, -0.1) is 0 Å². The van der Waals surface area contributed by atoms with Gasteiger partial charge in [0.05, 0.1) is 18.5 Å². The molecule has 2 aromatic carbocycles. The number of halogens is 1. The maximum atomic E-state index is 5.90. The van der Waals surface area contributed by atoms with Crippen LogP contribution in [0.25, 0.3) is 0 Å². The second kappa shape index (κ2) is 10.7. The second-order valence-electron chi connectivity index (χ2n) is 5.68. The molecule has 0 heterocycles. The second-order valence-corrected chi connectivity index (χ2v) is 6.11. The van der Waals surface area contributed by atoms with Crippen molar-refractivity contribution in [3.8, 4) is 5.75 Å². The molecule has 128 valence electrons. The van der Waals surface area contributed by atoms with Crippen molar-refractivity contribution in [3.63, 3.8) is 0 Å². The van der Waals surface area contributed by atoms with Gasteiger partial charge in [-0.3, -0.25) is 5.43 Å². The Labute approximate surface area is 149 Å². The lowest BCUT2D eigenvalue weighted by molar-refractivity contribution is 0.304. The minimum Gasteiger partial charge on any atom is -0.493 e. The molecule has 2 rings (SSSR count). The highest BCUT2D eigenvalue weighted by molar-refractivity contribution is 6.30. The molecule has 0 spiro atoms. The lowest BCUT2D eigenvalue weighted by Crippen LogP contribution is -2.00. The summed E-state index contributed by atoms with van der Waals surface area (Å²) in [6.07, 6.45) is 7.95. The van der Waals surface area contributed by atoms with E-state index in [9.17, 15) is 0 Å². The Bertz CT molecular complexity index is 626. The molecule has 0 saturated carbocycles. The fourth-order valence-electron chi connectivity index (χ4n) is 2.31. The summed E-state index contributed by atoms with van der Waals surface area (Å²) in [6, 6.07) is 15.4. The molecule has 0 aliphatic heterocycles. The number of para-hydroxylation sites is 1. The van der Waals surface area contributed by atoms with Gasteiger partial charge in [0, 0.05) is 10.6 Å². The van der Waals surface area contributed by atoms with E-state index in [4.69, 9.17) is 16.3 Å². The van der Waals surface area contributed by atoms with Crippen LogP contribution in [0.5, 0.6) is 5.75 Å². The molecule has 0 aromatic heterocycles. The fraction of sp³-hybridized carbons (Fsp3) is 0.350. The molecule has 1 N–H and O–H groups in total. The summed E-state index contributed by atoms with van der Waals surface area (Å²) in [5, 5.41) is 4.98. The highest BCUT2D eigenvalue weighted by atomic mass is 35.5. The van der Waals surface area contributed by atoms with Gasteiger partial charge in [-0.05, 0) is 42.8 Å². The molecule has 0 amide bonds. The monoisotopic (exact) mass is 344 g/mol. The van der Waals surface area contributed by atoms with Crippen LogP contribution in [-0.4, -0.2) is 12.8 Å². The van der Waals surface area contributed by atoms with Crippen molar-refractivity contribution in [1.82, 2.24) is 0 Å². The van der Waals surface area contributed by atoms with Crippen LogP contribution >= 0.6 is 11.6 Å². The average Bonchev–Trinajstić information content (AvgIpc) is 2.61. The van der Waals surface area contributed by atoms with E-state index in [2.05, 4.69) is 17.5 Å². The molecule has 0 bridgehead atoms. The normalized spacial score (nSPS) is 10.9. The number of hydrogen-bond donors (Lipinski definition) is 1. The first-order chi connectivity index (χ1) is 11.8. The number of rotatable bonds is 10. The van der Waals surface area contributed by atoms with E-state index in [0.717, 1.165) is 30.0 Å². The van der Waals surface area contributed by atoms with Crippen LogP contribution in [-0.2, 0) is 0 Å². The van der Waals surface area contributed by atoms with Gasteiger partial charge in [-0.2, -0.15) is 5.10 Å². The molecule has 0 unspecified atom stereocenters. The molecule has 0 aliphatic carbocycles. The molecule has 0 saturated heterocycles. The number of hydrogen-bond acceptors (Lipinski definition) is 3. The van der Waals surface area contributed by atoms with E-state index >= 15 is 0 Å². The smallest absolute Gasteiger partial charge is 0.128 e. The van der Waals surface area contributed by atoms with Gasteiger partial charge < -0.3 is 4.74 Å². The van der Waals surface area contributed by atoms with Gasteiger partial charge >= 0.3 is 0 Å². The van der Waals surface area contributed by atoms with E-state index in [-0.39, 0.29) is 0 Å². The Kier molecular flexibility index (Phi) is 8.19. The maximum absolute atomic E-state index is 5.90. The van der Waals surface area contributed by atoms with Gasteiger partial charge in [0.1, 0.15) is 5.75 Å². The predicted octanol–water partition coefficient (Wildman–Crippen LogP) is 6.14. The van der Waals surface area contributed by atoms with Crippen molar-refractivity contribution in [2.75, 3.05) is 12.0 Å². The molecule has 3 nitrogen and oxygen atoms in total. The highest BCUT2D eigenvalue weighted by Crippen LogP contribution is 2.17. The Balaban J connectivity index is 1.83. The Morgan fingerprint density at radius 3 is 2.54 bits per heavy atom. The van der Waals surface area contributed by atoms with Gasteiger partial charge in [0.15, 0.2) is 0 Å². The van der Waals surface area contributed by atoms with Crippen LogP contribution in [0, 0.1) is 0 Å². The minimum absolute atomic E-state index is 0.710. The lowest BCUT2D eigenvalue weighted by atomic mass is 10.2. The summed E-state index contributed by atoms with van der Waals surface area (Å²) in [7, 11) is 0. The summed E-state index contributed by atoms with van der Waals surface area (Å²) >= 11 is 5.87. The van der Waals surface area contributed by atoms with Crippen molar-refractivity contribution >= 4 is 23.5 Å². The molecule has 0 fully saturated rings. The van der Waals surface area contributed by atoms with Gasteiger partial charge in [-0.25, -0.2) is 0 Å². The van der Waals surface area contributed by atoms with Crippen LogP contribution < -0.4 is 10.2 Å². The predicted molar refractivity (Wildman–Crippen MR) is 103 cm³/mol. The van der Waals surface area contributed by atoms with Gasteiger partial charge in [0.2, 0.25) is 0 Å². The summed E-state index contributed by atoms with van der Waals surface area (Å²) in [6.45, 7) is 2.98. The first-order valence-electron chi connectivity index (χ1n) is 8.56. The summed E-state index contributed by atoms with van der Waals surface area (Å²) in [5.74, 6) is 0.870. The quantitative estimate of drug-likeness (QED) is 0.319. The van der Waals surface area contributed by atoms with Crippen molar-refractivity contribution in [2.45, 2.75) is 39.0 Å². The van der Waals surface area contributed by atoms with Gasteiger partial charge in [-0.1, -0.05) is 56.3 Å². The third-order valence-electron chi connectivity index (χ3n) is 3.67. The number of unbranched alkanes of at least 4 members (excludes halogenated alkanes) is 4. The molecule has 0 radical (unpaired) electrons. The number of benzene rings is 2. The molecule has 24 heavy (non-hydrogen) atoms. The largest absolute Gasteiger partial charge is 0.493 e. The average molecular weight is 345 g/mol. The third-order valence-corrected chi connectivity index (χ3v) is 3.92. The minimum atomic E-state index is 0.710. The Morgan fingerprint density at radius 1 is 1.00 bits per heavy atom. The lowest BCUT2D eigenvalue weighted by Gasteiger charge is -2.09. The van der Waals surface area contributed by atoms with Gasteiger partial charge in [0.25, 0.3) is 0 Å². The Hall–Kier alpha value is -2.00. The zero-order valence-electron chi connectivity index (χ0n) is 14.2. The van der Waals surface area contributed by atoms with Crippen LogP contribution in [0.3, 0.4) is 0 Å². The van der Waals surface area contributed by atoms with Crippen LogP contribution in [0.15, 0.2) is 53.6 Å². The van der Waals surface area contributed by atoms with Crippen LogP contribution in [0.4, 0.5) is 5.69 Å². The maximum Gasteiger partial charge on any atom is 0.128 e. The first-order valence-corrected chi connectivity index (χ1v) is 8.94. The number of nitrogens with zero attached hydrogens (tertiary/aromatic N) is 1. The molecule has 0 atom stereocenters. The van der Waals surface area contributed by atoms with Crippen molar-refractivity contribution in [1.29, 1.82) is 0 Å². The fourth-order valence-corrected chi connectivity index (χ4v) is 2.43. The van der Waals surface area contributed by atoms with E-state index in [1.165, 1.54) is 25.7 Å². The SMILES string of the molecule is CCCCCCCOc1ccccc1/C=N/Nc1ccc(Cl)cc1. The first kappa shape index (κ1) is 18.3. The van der Waals surface area contributed by atoms with Crippen LogP contribution in [0.1, 0.15) is 44.6 Å². The van der Waals surface area contributed by atoms with Crippen molar-refractivity contribution < 1.29 is 4.74 Å². The van der Waals surface area contributed by atoms with Crippen molar-refractivity contribution in [2.24, 2.45) is 5.10 Å². The number of ether oxygens (including phenoxy) is 1. The number of anilines is 1. The molecule has 0 aliphatic rings. The van der Waals surface area contributed by atoms with Crippen molar-refractivity contribution in [3.05, 3.63) is 59.1 Å². The zero-order valence-corrected chi connectivity index (χ0v) is 14.9. The van der Waals surface area contributed by atoms with Crippen LogP contribution in [0.2, 0.25) is 5.02 Å². The zero-order chi connectivity index (χ0) is 17.0. The molecule has 4 heteroatoms.